The van der Waals surface area contributed by atoms with Gasteiger partial charge in [0, 0.05) is 6.54 Å². The van der Waals surface area contributed by atoms with E-state index in [1.54, 1.807) is 6.07 Å². The molecule has 0 aliphatic carbocycles. The normalized spacial score (nSPS) is 21.5. The van der Waals surface area contributed by atoms with E-state index in [0.717, 1.165) is 6.42 Å². The van der Waals surface area contributed by atoms with Crippen LogP contribution >= 0.6 is 0 Å². The van der Waals surface area contributed by atoms with E-state index in [2.05, 4.69) is 10.6 Å². The number of hydrogen-bond acceptors (Lipinski definition) is 3. The Hall–Kier alpha value is -1.57. The molecule has 2 N–H and O–H groups in total. The number of amides is 2. The first-order valence-electron chi connectivity index (χ1n) is 4.18. The highest BCUT2D eigenvalue weighted by Crippen LogP contribution is 2.02. The van der Waals surface area contributed by atoms with E-state index in [1.165, 1.54) is 0 Å². The standard InChI is InChI=1S/C8H11N3O2/c9-4-3-7(12)11-6-2-1-5-10-8(6)13/h6H,1-3,5H2,(H,10,13)(H,11,12). The topological polar surface area (TPSA) is 82.0 Å². The molecule has 2 amide bonds. The van der Waals surface area contributed by atoms with Crippen molar-refractivity contribution in [2.45, 2.75) is 25.3 Å². The highest BCUT2D eigenvalue weighted by molar-refractivity contribution is 5.88. The summed E-state index contributed by atoms with van der Waals surface area (Å²) in [6, 6.07) is 1.28. The van der Waals surface area contributed by atoms with Crippen molar-refractivity contribution in [3.8, 4) is 6.07 Å². The molecule has 0 radical (unpaired) electrons. The summed E-state index contributed by atoms with van der Waals surface area (Å²) in [6.45, 7) is 0.670. The predicted molar refractivity (Wildman–Crippen MR) is 44.4 cm³/mol. The maximum absolute atomic E-state index is 11.1. The van der Waals surface area contributed by atoms with Gasteiger partial charge in [0.05, 0.1) is 6.07 Å². The van der Waals surface area contributed by atoms with Gasteiger partial charge in [0.25, 0.3) is 0 Å². The first-order valence-corrected chi connectivity index (χ1v) is 4.18. The van der Waals surface area contributed by atoms with Gasteiger partial charge in [0.15, 0.2) is 0 Å². The van der Waals surface area contributed by atoms with Crippen molar-refractivity contribution in [1.29, 1.82) is 5.26 Å². The number of carbonyl (C=O) groups is 2. The Morgan fingerprint density at radius 3 is 3.15 bits per heavy atom. The molecule has 1 heterocycles. The second kappa shape index (κ2) is 4.45. The summed E-state index contributed by atoms with van der Waals surface area (Å²) in [5.74, 6) is -0.540. The predicted octanol–water partition coefficient (Wildman–Crippen LogP) is -0.705. The Bertz CT molecular complexity index is 257. The molecule has 1 aliphatic heterocycles. The Morgan fingerprint density at radius 2 is 2.54 bits per heavy atom. The van der Waals surface area contributed by atoms with Gasteiger partial charge in [0.2, 0.25) is 11.8 Å². The van der Waals surface area contributed by atoms with Crippen LogP contribution < -0.4 is 10.6 Å². The van der Waals surface area contributed by atoms with Crippen molar-refractivity contribution in [1.82, 2.24) is 10.6 Å². The third kappa shape index (κ3) is 2.75. The van der Waals surface area contributed by atoms with Crippen molar-refractivity contribution in [3.63, 3.8) is 0 Å². The maximum Gasteiger partial charge on any atom is 0.242 e. The number of nitriles is 1. The van der Waals surface area contributed by atoms with Crippen molar-refractivity contribution in [2.24, 2.45) is 0 Å². The summed E-state index contributed by atoms with van der Waals surface area (Å²) in [5, 5.41) is 13.4. The smallest absolute Gasteiger partial charge is 0.242 e. The minimum absolute atomic E-state index is 0.155. The summed E-state index contributed by atoms with van der Waals surface area (Å²) >= 11 is 0. The number of carbonyl (C=O) groups excluding carboxylic acids is 2. The molecule has 5 heteroatoms. The Labute approximate surface area is 76.1 Å². The molecular weight excluding hydrogens is 170 g/mol. The van der Waals surface area contributed by atoms with E-state index in [9.17, 15) is 9.59 Å². The van der Waals surface area contributed by atoms with Gasteiger partial charge in [-0.25, -0.2) is 0 Å². The molecule has 5 nitrogen and oxygen atoms in total. The van der Waals surface area contributed by atoms with Gasteiger partial charge < -0.3 is 10.6 Å². The lowest BCUT2D eigenvalue weighted by atomic mass is 10.1. The fraction of sp³-hybridized carbons (Fsp3) is 0.625. The first kappa shape index (κ1) is 9.52. The summed E-state index contributed by atoms with van der Waals surface area (Å²) in [4.78, 5) is 22.1. The molecule has 0 bridgehead atoms. The van der Waals surface area contributed by atoms with Crippen molar-refractivity contribution in [2.75, 3.05) is 6.54 Å². The van der Waals surface area contributed by atoms with Crippen LogP contribution in [-0.2, 0) is 9.59 Å². The number of nitrogens with one attached hydrogen (secondary N) is 2. The van der Waals surface area contributed by atoms with Gasteiger partial charge in [-0.05, 0) is 12.8 Å². The second-order valence-electron chi connectivity index (χ2n) is 2.89. The third-order valence-electron chi connectivity index (χ3n) is 1.86. The maximum atomic E-state index is 11.1. The molecule has 1 fully saturated rings. The Kier molecular flexibility index (Phi) is 3.26. The lowest BCUT2D eigenvalue weighted by Crippen LogP contribution is -2.50. The van der Waals surface area contributed by atoms with Gasteiger partial charge in [-0.2, -0.15) is 5.26 Å². The zero-order valence-corrected chi connectivity index (χ0v) is 7.17. The monoisotopic (exact) mass is 181 g/mol. The van der Waals surface area contributed by atoms with Crippen LogP contribution in [0.25, 0.3) is 0 Å². The number of hydrogen-bond donors (Lipinski definition) is 2. The van der Waals surface area contributed by atoms with E-state index < -0.39 is 6.04 Å². The van der Waals surface area contributed by atoms with Crippen LogP contribution in [0.15, 0.2) is 0 Å². The lowest BCUT2D eigenvalue weighted by Gasteiger charge is -2.22. The highest BCUT2D eigenvalue weighted by atomic mass is 16.2. The first-order chi connectivity index (χ1) is 6.24. The van der Waals surface area contributed by atoms with Crippen molar-refractivity contribution >= 4 is 11.8 Å². The fourth-order valence-electron chi connectivity index (χ4n) is 1.23. The quantitative estimate of drug-likeness (QED) is 0.590. The largest absolute Gasteiger partial charge is 0.354 e. The van der Waals surface area contributed by atoms with Gasteiger partial charge in [-0.15, -0.1) is 0 Å². The van der Waals surface area contributed by atoms with Gasteiger partial charge >= 0.3 is 0 Å². The number of rotatable bonds is 2. The average molecular weight is 181 g/mol. The van der Waals surface area contributed by atoms with E-state index >= 15 is 0 Å². The Balaban J connectivity index is 2.39. The van der Waals surface area contributed by atoms with Crippen LogP contribution in [0, 0.1) is 11.3 Å². The summed E-state index contributed by atoms with van der Waals surface area (Å²) in [7, 11) is 0. The van der Waals surface area contributed by atoms with Gasteiger partial charge in [-0.3, -0.25) is 9.59 Å². The molecular formula is C8H11N3O2. The van der Waals surface area contributed by atoms with E-state index in [-0.39, 0.29) is 18.2 Å². The average Bonchev–Trinajstić information content (AvgIpc) is 2.09. The van der Waals surface area contributed by atoms with Crippen LogP contribution in [0.3, 0.4) is 0 Å². The summed E-state index contributed by atoms with van der Waals surface area (Å²) in [6.07, 6.45) is 1.33. The molecule has 1 atom stereocenters. The molecule has 0 aromatic carbocycles. The van der Waals surface area contributed by atoms with Crippen molar-refractivity contribution in [3.05, 3.63) is 0 Å². The van der Waals surface area contributed by atoms with E-state index in [0.29, 0.717) is 13.0 Å². The van der Waals surface area contributed by atoms with Crippen molar-refractivity contribution < 1.29 is 9.59 Å². The highest BCUT2D eigenvalue weighted by Gasteiger charge is 2.22. The fourth-order valence-corrected chi connectivity index (χ4v) is 1.23. The zero-order valence-electron chi connectivity index (χ0n) is 7.17. The number of piperidine rings is 1. The second-order valence-corrected chi connectivity index (χ2v) is 2.89. The molecule has 0 spiro atoms. The minimum Gasteiger partial charge on any atom is -0.354 e. The molecule has 0 saturated carbocycles. The molecule has 1 unspecified atom stereocenters. The number of nitrogens with zero attached hydrogens (tertiary/aromatic N) is 1. The van der Waals surface area contributed by atoms with Gasteiger partial charge in [-0.1, -0.05) is 0 Å². The molecule has 1 rings (SSSR count). The molecule has 13 heavy (non-hydrogen) atoms. The molecule has 70 valence electrons. The molecule has 0 aromatic heterocycles. The zero-order chi connectivity index (χ0) is 9.68. The minimum atomic E-state index is -0.449. The van der Waals surface area contributed by atoms with E-state index in [4.69, 9.17) is 5.26 Å². The third-order valence-corrected chi connectivity index (χ3v) is 1.86. The van der Waals surface area contributed by atoms with Crippen LogP contribution in [-0.4, -0.2) is 24.4 Å². The molecule has 1 aliphatic rings. The summed E-state index contributed by atoms with van der Waals surface area (Å²) < 4.78 is 0. The lowest BCUT2D eigenvalue weighted by molar-refractivity contribution is -0.129. The van der Waals surface area contributed by atoms with E-state index in [1.807, 2.05) is 0 Å². The summed E-state index contributed by atoms with van der Waals surface area (Å²) in [5.41, 5.74) is 0. The van der Waals surface area contributed by atoms with Crippen LogP contribution in [0.5, 0.6) is 0 Å². The van der Waals surface area contributed by atoms with Crippen LogP contribution in [0.2, 0.25) is 0 Å². The SMILES string of the molecule is N#CCC(=O)NC1CCCNC1=O. The molecule has 0 aromatic rings. The molecule has 1 saturated heterocycles. The van der Waals surface area contributed by atoms with Gasteiger partial charge in [0.1, 0.15) is 12.5 Å². The van der Waals surface area contributed by atoms with Crippen LogP contribution in [0.1, 0.15) is 19.3 Å². The van der Waals surface area contributed by atoms with Crippen LogP contribution in [0.4, 0.5) is 0 Å². The Morgan fingerprint density at radius 1 is 1.77 bits per heavy atom.